The minimum atomic E-state index is 0.277. The van der Waals surface area contributed by atoms with Crippen LogP contribution in [0.25, 0.3) is 11.1 Å². The second-order valence-corrected chi connectivity index (χ2v) is 7.20. The first-order valence-corrected chi connectivity index (χ1v) is 9.60. The van der Waals surface area contributed by atoms with Crippen LogP contribution in [0.4, 0.5) is 5.82 Å². The fourth-order valence-electron chi connectivity index (χ4n) is 3.78. The van der Waals surface area contributed by atoms with Gasteiger partial charge in [0.15, 0.2) is 0 Å². The molecule has 4 rings (SSSR count). The fraction of sp³-hybridized carbons (Fsp3) is 0.217. The average molecular weight is 374 g/mol. The first-order chi connectivity index (χ1) is 13.3. The van der Waals surface area contributed by atoms with Crippen LogP contribution in [-0.2, 0) is 0 Å². The molecule has 1 aromatic heterocycles. The molecule has 4 heteroatoms. The maximum Gasteiger partial charge on any atom is 0.149 e. The third-order valence-corrected chi connectivity index (χ3v) is 5.52. The minimum Gasteiger partial charge on any atom is -0.357 e. The summed E-state index contributed by atoms with van der Waals surface area (Å²) < 4.78 is 0. The normalized spacial score (nSPS) is 14.7. The third-order valence-electron chi connectivity index (χ3n) is 5.25. The number of halogens is 1. The van der Waals surface area contributed by atoms with Crippen LogP contribution in [0, 0.1) is 11.3 Å². The molecule has 0 aliphatic carbocycles. The van der Waals surface area contributed by atoms with Gasteiger partial charge in [-0.25, -0.2) is 4.98 Å². The predicted molar refractivity (Wildman–Crippen MR) is 110 cm³/mol. The van der Waals surface area contributed by atoms with Gasteiger partial charge in [0.2, 0.25) is 0 Å². The van der Waals surface area contributed by atoms with Gasteiger partial charge in [0.25, 0.3) is 0 Å². The molecule has 0 bridgehead atoms. The first-order valence-electron chi connectivity index (χ1n) is 9.22. The van der Waals surface area contributed by atoms with Crippen LogP contribution in [0.3, 0.4) is 0 Å². The quantitative estimate of drug-likeness (QED) is 0.556. The van der Waals surface area contributed by atoms with Crippen molar-refractivity contribution in [2.75, 3.05) is 18.0 Å². The molecule has 1 aliphatic heterocycles. The molecule has 134 valence electrons. The molecule has 0 spiro atoms. The van der Waals surface area contributed by atoms with Crippen molar-refractivity contribution in [2.24, 2.45) is 0 Å². The number of nitrogens with zero attached hydrogens (tertiary/aromatic N) is 3. The third kappa shape index (κ3) is 3.67. The van der Waals surface area contributed by atoms with Crippen molar-refractivity contribution in [3.63, 3.8) is 0 Å². The molecule has 2 heterocycles. The van der Waals surface area contributed by atoms with Crippen molar-refractivity contribution < 1.29 is 0 Å². The molecule has 3 aromatic rings. The number of piperidine rings is 1. The van der Waals surface area contributed by atoms with Gasteiger partial charge < -0.3 is 4.90 Å². The lowest BCUT2D eigenvalue weighted by Crippen LogP contribution is -2.33. The Labute approximate surface area is 164 Å². The molecule has 1 saturated heterocycles. The van der Waals surface area contributed by atoms with E-state index in [4.69, 9.17) is 11.6 Å². The molecule has 0 radical (unpaired) electrons. The molecular weight excluding hydrogens is 354 g/mol. The number of pyridine rings is 1. The van der Waals surface area contributed by atoms with Crippen molar-refractivity contribution in [3.05, 3.63) is 83.0 Å². The van der Waals surface area contributed by atoms with Crippen molar-refractivity contribution in [1.29, 1.82) is 5.26 Å². The molecule has 27 heavy (non-hydrogen) atoms. The Morgan fingerprint density at radius 1 is 0.963 bits per heavy atom. The zero-order chi connectivity index (χ0) is 18.6. The van der Waals surface area contributed by atoms with Crippen LogP contribution in [0.1, 0.15) is 29.9 Å². The van der Waals surface area contributed by atoms with Gasteiger partial charge in [-0.05, 0) is 36.0 Å². The molecule has 0 unspecified atom stereocenters. The second-order valence-electron chi connectivity index (χ2n) is 6.84. The van der Waals surface area contributed by atoms with Crippen LogP contribution < -0.4 is 4.90 Å². The summed E-state index contributed by atoms with van der Waals surface area (Å²) in [6, 6.07) is 24.8. The maximum absolute atomic E-state index is 9.53. The Balaban J connectivity index is 1.60. The molecule has 1 fully saturated rings. The highest BCUT2D eigenvalue weighted by Crippen LogP contribution is 2.34. The molecule has 0 N–H and O–H groups in total. The summed E-state index contributed by atoms with van der Waals surface area (Å²) in [4.78, 5) is 6.80. The lowest BCUT2D eigenvalue weighted by atomic mass is 9.89. The van der Waals surface area contributed by atoms with Gasteiger partial charge in [0, 0.05) is 18.7 Å². The number of aromatic nitrogens is 1. The fourth-order valence-corrected chi connectivity index (χ4v) is 4.01. The first kappa shape index (κ1) is 17.6. The molecular formula is C23H20ClN3. The van der Waals surface area contributed by atoms with E-state index in [1.807, 2.05) is 36.4 Å². The Hall–Kier alpha value is -2.83. The number of hydrogen-bond acceptors (Lipinski definition) is 3. The monoisotopic (exact) mass is 373 g/mol. The molecule has 1 aliphatic rings. The number of hydrogen-bond donors (Lipinski definition) is 0. The van der Waals surface area contributed by atoms with E-state index in [-0.39, 0.29) is 5.15 Å². The molecule has 3 nitrogen and oxygen atoms in total. The number of benzene rings is 2. The van der Waals surface area contributed by atoms with E-state index in [2.05, 4.69) is 46.3 Å². The van der Waals surface area contributed by atoms with Gasteiger partial charge in [0.1, 0.15) is 17.0 Å². The molecule has 0 amide bonds. The van der Waals surface area contributed by atoms with E-state index in [1.54, 1.807) is 0 Å². The van der Waals surface area contributed by atoms with E-state index < -0.39 is 0 Å². The Morgan fingerprint density at radius 3 is 2.22 bits per heavy atom. The van der Waals surface area contributed by atoms with E-state index in [0.717, 1.165) is 42.9 Å². The van der Waals surface area contributed by atoms with Gasteiger partial charge in [-0.15, -0.1) is 0 Å². The van der Waals surface area contributed by atoms with E-state index >= 15 is 0 Å². The van der Waals surface area contributed by atoms with Crippen molar-refractivity contribution >= 4 is 17.4 Å². The van der Waals surface area contributed by atoms with Gasteiger partial charge in [-0.3, -0.25) is 0 Å². The molecule has 0 saturated carbocycles. The van der Waals surface area contributed by atoms with E-state index in [1.165, 1.54) is 5.56 Å². The van der Waals surface area contributed by atoms with Crippen molar-refractivity contribution in [1.82, 2.24) is 4.98 Å². The summed E-state index contributed by atoms with van der Waals surface area (Å²) in [5.74, 6) is 1.44. The van der Waals surface area contributed by atoms with Crippen LogP contribution in [0.2, 0.25) is 5.15 Å². The summed E-state index contributed by atoms with van der Waals surface area (Å²) in [6.07, 6.45) is 2.17. The summed E-state index contributed by atoms with van der Waals surface area (Å²) >= 11 is 6.37. The largest absolute Gasteiger partial charge is 0.357 e. The smallest absolute Gasteiger partial charge is 0.149 e. The Kier molecular flexibility index (Phi) is 5.09. The highest BCUT2D eigenvalue weighted by molar-refractivity contribution is 6.31. The predicted octanol–water partition coefficient (Wildman–Crippen LogP) is 5.66. The van der Waals surface area contributed by atoms with Crippen LogP contribution in [0.5, 0.6) is 0 Å². The maximum atomic E-state index is 9.53. The Morgan fingerprint density at radius 2 is 1.59 bits per heavy atom. The molecule has 0 atom stereocenters. The minimum absolute atomic E-state index is 0.277. The molecule has 2 aromatic carbocycles. The average Bonchev–Trinajstić information content (AvgIpc) is 2.74. The zero-order valence-electron chi connectivity index (χ0n) is 15.0. The standard InChI is InChI=1S/C23H20ClN3/c24-23-21(16-25)20(19-9-5-2-6-10-19)15-22(26-23)27-13-11-18(12-14-27)17-7-3-1-4-8-17/h1-10,15,18H,11-14H2. The summed E-state index contributed by atoms with van der Waals surface area (Å²) in [5, 5.41) is 9.81. The van der Waals surface area contributed by atoms with Crippen LogP contribution >= 0.6 is 11.6 Å². The zero-order valence-corrected chi connectivity index (χ0v) is 15.7. The van der Waals surface area contributed by atoms with E-state index in [9.17, 15) is 5.26 Å². The summed E-state index contributed by atoms with van der Waals surface area (Å²) in [6.45, 7) is 1.87. The Bertz CT molecular complexity index is 956. The lowest BCUT2D eigenvalue weighted by Gasteiger charge is -2.33. The number of nitriles is 1. The second kappa shape index (κ2) is 7.82. The summed E-state index contributed by atoms with van der Waals surface area (Å²) in [5.41, 5.74) is 3.68. The van der Waals surface area contributed by atoms with Crippen molar-refractivity contribution in [2.45, 2.75) is 18.8 Å². The number of rotatable bonds is 3. The number of anilines is 1. The topological polar surface area (TPSA) is 39.9 Å². The van der Waals surface area contributed by atoms with Crippen LogP contribution in [-0.4, -0.2) is 18.1 Å². The van der Waals surface area contributed by atoms with E-state index in [0.29, 0.717) is 11.5 Å². The highest BCUT2D eigenvalue weighted by atomic mass is 35.5. The van der Waals surface area contributed by atoms with Crippen molar-refractivity contribution in [3.8, 4) is 17.2 Å². The lowest BCUT2D eigenvalue weighted by molar-refractivity contribution is 0.503. The van der Waals surface area contributed by atoms with Gasteiger partial charge >= 0.3 is 0 Å². The van der Waals surface area contributed by atoms with Gasteiger partial charge in [-0.2, -0.15) is 5.26 Å². The van der Waals surface area contributed by atoms with Crippen LogP contribution in [0.15, 0.2) is 66.7 Å². The SMILES string of the molecule is N#Cc1c(-c2ccccc2)cc(N2CCC(c3ccccc3)CC2)nc1Cl. The highest BCUT2D eigenvalue weighted by Gasteiger charge is 2.23. The summed E-state index contributed by atoms with van der Waals surface area (Å²) in [7, 11) is 0. The van der Waals surface area contributed by atoms with Gasteiger partial charge in [0.05, 0.1) is 5.56 Å². The van der Waals surface area contributed by atoms with Gasteiger partial charge in [-0.1, -0.05) is 72.3 Å².